The lowest BCUT2D eigenvalue weighted by Crippen LogP contribution is -2.42. The molecule has 0 aromatic carbocycles. The van der Waals surface area contributed by atoms with E-state index in [1.807, 2.05) is 13.8 Å². The summed E-state index contributed by atoms with van der Waals surface area (Å²) in [6.45, 7) is 14.3. The highest BCUT2D eigenvalue weighted by molar-refractivity contribution is 5.86. The molecule has 0 aromatic rings. The topological polar surface area (TPSA) is 29.5 Å². The minimum atomic E-state index is 0.0576. The number of carbonyl (C=O) groups is 1. The van der Waals surface area contributed by atoms with Gasteiger partial charge in [-0.2, -0.15) is 0 Å². The lowest BCUT2D eigenvalue weighted by atomic mass is 9.99. The first kappa shape index (κ1) is 15.6. The number of ketones is 1. The van der Waals surface area contributed by atoms with Crippen LogP contribution in [0.25, 0.3) is 0 Å². The molecule has 1 aliphatic rings. The average Bonchev–Trinajstić information content (AvgIpc) is 2.69. The molecule has 18 heavy (non-hydrogen) atoms. The smallest absolute Gasteiger partial charge is 0.152 e. The Morgan fingerprint density at radius 3 is 2.28 bits per heavy atom. The van der Waals surface area contributed by atoms with Gasteiger partial charge >= 0.3 is 0 Å². The van der Waals surface area contributed by atoms with Gasteiger partial charge in [-0.05, 0) is 26.2 Å². The second kappa shape index (κ2) is 6.67. The number of nitrogens with zero attached hydrogens (tertiary/aromatic N) is 1. The molecule has 0 radical (unpaired) electrons. The number of rotatable bonds is 6. The summed E-state index contributed by atoms with van der Waals surface area (Å²) in [5.41, 5.74) is 0. The Labute approximate surface area is 112 Å². The minimum absolute atomic E-state index is 0.0576. The first-order chi connectivity index (χ1) is 8.32. The monoisotopic (exact) mass is 255 g/mol. The first-order valence-corrected chi connectivity index (χ1v) is 7.24. The molecule has 1 rings (SSSR count). The van der Waals surface area contributed by atoms with Gasteiger partial charge in [-0.1, -0.05) is 27.7 Å². The number of carbonyl (C=O) groups excluding carboxylic acids is 1. The molecule has 0 spiro atoms. The minimum Gasteiger partial charge on any atom is -0.377 e. The summed E-state index contributed by atoms with van der Waals surface area (Å²) in [7, 11) is 0. The normalized spacial score (nSPS) is 25.6. The van der Waals surface area contributed by atoms with Crippen LogP contribution in [-0.4, -0.2) is 42.0 Å². The highest BCUT2D eigenvalue weighted by atomic mass is 16.5. The van der Waals surface area contributed by atoms with Crippen molar-refractivity contribution in [2.24, 2.45) is 11.8 Å². The van der Waals surface area contributed by atoms with Crippen LogP contribution in [0.5, 0.6) is 0 Å². The van der Waals surface area contributed by atoms with E-state index in [1.54, 1.807) is 0 Å². The van der Waals surface area contributed by atoms with Crippen molar-refractivity contribution >= 4 is 5.78 Å². The van der Waals surface area contributed by atoms with Crippen molar-refractivity contribution in [2.75, 3.05) is 13.2 Å². The fourth-order valence-electron chi connectivity index (χ4n) is 2.51. The molecular weight excluding hydrogens is 226 g/mol. The van der Waals surface area contributed by atoms with Gasteiger partial charge in [-0.25, -0.2) is 0 Å². The standard InChI is InChI=1S/C15H29NO2/c1-10(2)9-18-13-7-14(15(17)11(3)4)16(8-13)12(5)6/h10-14H,7-9H2,1-6H3/t13-,14+/m1/s1. The Balaban J connectivity index is 2.62. The Morgan fingerprint density at radius 2 is 1.83 bits per heavy atom. The molecule has 3 heteroatoms. The SMILES string of the molecule is CC(C)CO[C@@H]1C[C@@H](C(=O)C(C)C)N(C(C)C)C1. The summed E-state index contributed by atoms with van der Waals surface area (Å²) in [5.74, 6) is 1.02. The van der Waals surface area contributed by atoms with Crippen molar-refractivity contribution in [3.63, 3.8) is 0 Å². The van der Waals surface area contributed by atoms with E-state index in [2.05, 4.69) is 32.6 Å². The third-order valence-electron chi connectivity index (χ3n) is 3.53. The van der Waals surface area contributed by atoms with Gasteiger partial charge in [0.2, 0.25) is 0 Å². The van der Waals surface area contributed by atoms with Gasteiger partial charge in [-0.3, -0.25) is 9.69 Å². The van der Waals surface area contributed by atoms with Gasteiger partial charge in [0.15, 0.2) is 5.78 Å². The van der Waals surface area contributed by atoms with E-state index in [1.165, 1.54) is 0 Å². The van der Waals surface area contributed by atoms with Gasteiger partial charge in [0.1, 0.15) is 0 Å². The van der Waals surface area contributed by atoms with Crippen molar-refractivity contribution in [3.05, 3.63) is 0 Å². The fraction of sp³-hybridized carbons (Fsp3) is 0.933. The fourth-order valence-corrected chi connectivity index (χ4v) is 2.51. The molecule has 0 unspecified atom stereocenters. The predicted molar refractivity (Wildman–Crippen MR) is 74.7 cm³/mol. The quantitative estimate of drug-likeness (QED) is 0.731. The van der Waals surface area contributed by atoms with E-state index in [-0.39, 0.29) is 18.1 Å². The maximum atomic E-state index is 12.2. The number of hydrogen-bond acceptors (Lipinski definition) is 3. The number of hydrogen-bond donors (Lipinski definition) is 0. The highest BCUT2D eigenvalue weighted by Gasteiger charge is 2.39. The van der Waals surface area contributed by atoms with E-state index < -0.39 is 0 Å². The van der Waals surface area contributed by atoms with Crippen LogP contribution >= 0.6 is 0 Å². The Kier molecular flexibility index (Phi) is 5.80. The lowest BCUT2D eigenvalue weighted by molar-refractivity contribution is -0.126. The summed E-state index contributed by atoms with van der Waals surface area (Å²) in [6.07, 6.45) is 1.09. The van der Waals surface area contributed by atoms with Crippen molar-refractivity contribution in [3.8, 4) is 0 Å². The van der Waals surface area contributed by atoms with Crippen LogP contribution < -0.4 is 0 Å². The molecular formula is C15H29NO2. The average molecular weight is 255 g/mol. The van der Waals surface area contributed by atoms with E-state index in [9.17, 15) is 4.79 Å². The third kappa shape index (κ3) is 4.06. The summed E-state index contributed by atoms with van der Waals surface area (Å²) < 4.78 is 5.91. The van der Waals surface area contributed by atoms with Gasteiger partial charge in [0, 0.05) is 25.1 Å². The molecule has 0 aromatic heterocycles. The van der Waals surface area contributed by atoms with E-state index in [4.69, 9.17) is 4.74 Å². The van der Waals surface area contributed by atoms with Crippen LogP contribution in [0.3, 0.4) is 0 Å². The molecule has 1 saturated heterocycles. The van der Waals surface area contributed by atoms with Crippen LogP contribution in [-0.2, 0) is 9.53 Å². The summed E-state index contributed by atoms with van der Waals surface area (Å²) in [6, 6.07) is 0.465. The van der Waals surface area contributed by atoms with Crippen LogP contribution in [0.15, 0.2) is 0 Å². The molecule has 3 nitrogen and oxygen atoms in total. The molecule has 1 heterocycles. The van der Waals surface area contributed by atoms with Crippen LogP contribution in [0, 0.1) is 11.8 Å². The Morgan fingerprint density at radius 1 is 1.22 bits per heavy atom. The van der Waals surface area contributed by atoms with Gasteiger partial charge in [-0.15, -0.1) is 0 Å². The summed E-state index contributed by atoms with van der Waals surface area (Å²) >= 11 is 0. The molecule has 1 aliphatic heterocycles. The summed E-state index contributed by atoms with van der Waals surface area (Å²) in [4.78, 5) is 14.5. The van der Waals surface area contributed by atoms with Crippen LogP contribution in [0.1, 0.15) is 48.0 Å². The molecule has 0 aliphatic carbocycles. The van der Waals surface area contributed by atoms with Crippen LogP contribution in [0.2, 0.25) is 0 Å². The van der Waals surface area contributed by atoms with Crippen molar-refractivity contribution in [1.82, 2.24) is 4.90 Å². The Bertz CT molecular complexity index is 274. The van der Waals surface area contributed by atoms with Crippen molar-refractivity contribution in [2.45, 2.75) is 66.2 Å². The number of ether oxygens (including phenoxy) is 1. The van der Waals surface area contributed by atoms with E-state index in [0.29, 0.717) is 17.7 Å². The van der Waals surface area contributed by atoms with Crippen molar-refractivity contribution < 1.29 is 9.53 Å². The van der Waals surface area contributed by atoms with Crippen molar-refractivity contribution in [1.29, 1.82) is 0 Å². The largest absolute Gasteiger partial charge is 0.377 e. The van der Waals surface area contributed by atoms with E-state index >= 15 is 0 Å². The highest BCUT2D eigenvalue weighted by Crippen LogP contribution is 2.25. The van der Waals surface area contributed by atoms with E-state index in [0.717, 1.165) is 19.6 Å². The van der Waals surface area contributed by atoms with Gasteiger partial charge < -0.3 is 4.74 Å². The number of likely N-dealkylation sites (tertiary alicyclic amines) is 1. The third-order valence-corrected chi connectivity index (χ3v) is 3.53. The zero-order chi connectivity index (χ0) is 13.9. The molecule has 0 amide bonds. The van der Waals surface area contributed by atoms with Crippen LogP contribution in [0.4, 0.5) is 0 Å². The molecule has 1 fully saturated rings. The predicted octanol–water partition coefficient (Wildman–Crippen LogP) is 2.74. The Hall–Kier alpha value is -0.410. The second-order valence-corrected chi connectivity index (χ2v) is 6.45. The first-order valence-electron chi connectivity index (χ1n) is 7.24. The lowest BCUT2D eigenvalue weighted by Gasteiger charge is -2.27. The number of Topliss-reactive ketones (excluding diaryl/α,β-unsaturated/α-hetero) is 1. The molecule has 0 saturated carbocycles. The van der Waals surface area contributed by atoms with Gasteiger partial charge in [0.25, 0.3) is 0 Å². The molecule has 106 valence electrons. The molecule has 0 N–H and O–H groups in total. The molecule has 0 bridgehead atoms. The summed E-state index contributed by atoms with van der Waals surface area (Å²) in [5, 5.41) is 0. The maximum Gasteiger partial charge on any atom is 0.152 e. The second-order valence-electron chi connectivity index (χ2n) is 6.45. The van der Waals surface area contributed by atoms with Gasteiger partial charge in [0.05, 0.1) is 12.1 Å². The zero-order valence-corrected chi connectivity index (χ0v) is 12.8. The molecule has 2 atom stereocenters. The maximum absolute atomic E-state index is 12.2. The zero-order valence-electron chi connectivity index (χ0n) is 12.8.